The number of hydrogen-bond donors (Lipinski definition) is 1. The van der Waals surface area contributed by atoms with Crippen molar-refractivity contribution in [3.05, 3.63) is 52.4 Å². The number of amides is 1. The van der Waals surface area contributed by atoms with E-state index in [0.29, 0.717) is 36.6 Å². The highest BCUT2D eigenvalue weighted by atomic mass is 35.5. The van der Waals surface area contributed by atoms with Gasteiger partial charge in [0.05, 0.1) is 5.92 Å². The molecule has 1 amide bonds. The Kier molecular flexibility index (Phi) is 10.4. The number of nitrogens with one attached hydrogen (secondary N) is 1. The number of hydrogen-bond acceptors (Lipinski definition) is 5. The van der Waals surface area contributed by atoms with Crippen molar-refractivity contribution >= 4 is 48.1 Å². The van der Waals surface area contributed by atoms with E-state index >= 15 is 0 Å². The number of aryl methyl sites for hydroxylation is 1. The molecule has 3 unspecified atom stereocenters. The lowest BCUT2D eigenvalue weighted by Crippen LogP contribution is -2.55. The van der Waals surface area contributed by atoms with E-state index in [1.165, 1.54) is 11.3 Å². The summed E-state index contributed by atoms with van der Waals surface area (Å²) in [6, 6.07) is 8.18. The smallest absolute Gasteiger partial charge is 0.231 e. The molecular formula is C25H36Cl3N5O. The first-order valence-electron chi connectivity index (χ1n) is 11.7. The number of piperazine rings is 1. The summed E-state index contributed by atoms with van der Waals surface area (Å²) in [5.41, 5.74) is 3.50. The van der Waals surface area contributed by atoms with E-state index < -0.39 is 0 Å². The molecule has 0 spiro atoms. The number of carbonyl (C=O) groups is 1. The van der Waals surface area contributed by atoms with Crippen LogP contribution in [-0.2, 0) is 11.2 Å². The SMILES string of the molecule is CC(C)NCC(C(=O)N1CCN(c2ncnc3c2C(C)CC3)C(C)C1)c1ccc(Cl)cc1.Cl.Cl. The monoisotopic (exact) mass is 527 g/mol. The van der Waals surface area contributed by atoms with Gasteiger partial charge in [0.15, 0.2) is 0 Å². The van der Waals surface area contributed by atoms with Crippen LogP contribution in [0.4, 0.5) is 5.82 Å². The molecule has 1 aliphatic heterocycles. The Morgan fingerprint density at radius 2 is 1.85 bits per heavy atom. The fraction of sp³-hybridized carbons (Fsp3) is 0.560. The maximum Gasteiger partial charge on any atom is 0.231 e. The Labute approximate surface area is 220 Å². The minimum Gasteiger partial charge on any atom is -0.350 e. The van der Waals surface area contributed by atoms with E-state index in [9.17, 15) is 4.79 Å². The zero-order chi connectivity index (χ0) is 22.8. The summed E-state index contributed by atoms with van der Waals surface area (Å²) in [6.07, 6.45) is 3.87. The van der Waals surface area contributed by atoms with Gasteiger partial charge in [-0.2, -0.15) is 0 Å². The predicted octanol–water partition coefficient (Wildman–Crippen LogP) is 4.84. The quantitative estimate of drug-likeness (QED) is 0.581. The fourth-order valence-corrected chi connectivity index (χ4v) is 5.07. The van der Waals surface area contributed by atoms with Crippen molar-refractivity contribution in [2.24, 2.45) is 0 Å². The van der Waals surface area contributed by atoms with Crippen LogP contribution < -0.4 is 10.2 Å². The Bertz CT molecular complexity index is 956. The van der Waals surface area contributed by atoms with Crippen LogP contribution in [-0.4, -0.2) is 59.0 Å². The van der Waals surface area contributed by atoms with Gasteiger partial charge in [-0.1, -0.05) is 44.5 Å². The molecule has 1 aromatic carbocycles. The van der Waals surface area contributed by atoms with Crippen LogP contribution in [0, 0.1) is 0 Å². The topological polar surface area (TPSA) is 61.4 Å². The summed E-state index contributed by atoms with van der Waals surface area (Å²) in [5, 5.41) is 4.14. The summed E-state index contributed by atoms with van der Waals surface area (Å²) in [7, 11) is 0. The first kappa shape index (κ1) is 28.6. The largest absolute Gasteiger partial charge is 0.350 e. The Morgan fingerprint density at radius 1 is 1.15 bits per heavy atom. The average Bonchev–Trinajstić information content (AvgIpc) is 3.16. The molecule has 2 aromatic rings. The number of benzene rings is 1. The maximum atomic E-state index is 13.6. The van der Waals surface area contributed by atoms with Crippen LogP contribution in [0.25, 0.3) is 0 Å². The van der Waals surface area contributed by atoms with E-state index in [1.54, 1.807) is 6.33 Å². The molecule has 1 N–H and O–H groups in total. The van der Waals surface area contributed by atoms with Gasteiger partial charge in [0.25, 0.3) is 0 Å². The van der Waals surface area contributed by atoms with E-state index in [0.717, 1.165) is 30.8 Å². The highest BCUT2D eigenvalue weighted by molar-refractivity contribution is 6.30. The first-order chi connectivity index (χ1) is 15.3. The standard InChI is InChI=1S/C25H34ClN5O.2ClH/c1-16(2)27-13-21(19-6-8-20(26)9-7-19)25(32)30-11-12-31(18(4)14-30)24-23-17(3)5-10-22(23)28-15-29-24;;/h6-9,15-18,21,27H,5,10-14H2,1-4H3;2*1H. The minimum absolute atomic E-state index is 0. The van der Waals surface area contributed by atoms with Gasteiger partial charge in [-0.15, -0.1) is 24.8 Å². The zero-order valence-corrected chi connectivity index (χ0v) is 22.7. The summed E-state index contributed by atoms with van der Waals surface area (Å²) in [4.78, 5) is 27.2. The highest BCUT2D eigenvalue weighted by Gasteiger charge is 2.35. The molecular weight excluding hydrogens is 493 g/mol. The molecule has 0 saturated carbocycles. The fourth-order valence-electron chi connectivity index (χ4n) is 4.94. The van der Waals surface area contributed by atoms with Crippen molar-refractivity contribution < 1.29 is 4.79 Å². The van der Waals surface area contributed by atoms with E-state index in [2.05, 4.69) is 47.9 Å². The lowest BCUT2D eigenvalue weighted by molar-refractivity contribution is -0.133. The number of halogens is 3. The van der Waals surface area contributed by atoms with Crippen LogP contribution in [0.2, 0.25) is 5.02 Å². The highest BCUT2D eigenvalue weighted by Crippen LogP contribution is 2.38. The van der Waals surface area contributed by atoms with Gasteiger partial charge in [-0.25, -0.2) is 9.97 Å². The number of rotatable bonds is 6. The van der Waals surface area contributed by atoms with Crippen molar-refractivity contribution in [2.75, 3.05) is 31.1 Å². The van der Waals surface area contributed by atoms with Gasteiger partial charge in [-0.3, -0.25) is 4.79 Å². The number of carbonyl (C=O) groups excluding carboxylic acids is 1. The molecule has 188 valence electrons. The van der Waals surface area contributed by atoms with E-state index in [1.807, 2.05) is 29.2 Å². The minimum atomic E-state index is -0.225. The Hall–Kier alpha value is -1.60. The van der Waals surface area contributed by atoms with Gasteiger partial charge in [0, 0.05) is 54.5 Å². The Balaban J connectivity index is 0.00000204. The molecule has 1 aliphatic carbocycles. The molecule has 4 rings (SSSR count). The third kappa shape index (κ3) is 6.14. The van der Waals surface area contributed by atoms with Gasteiger partial charge in [0.1, 0.15) is 12.1 Å². The maximum absolute atomic E-state index is 13.6. The third-order valence-corrected chi connectivity index (χ3v) is 7.02. The zero-order valence-electron chi connectivity index (χ0n) is 20.3. The van der Waals surface area contributed by atoms with Crippen molar-refractivity contribution in [3.63, 3.8) is 0 Å². The van der Waals surface area contributed by atoms with Crippen molar-refractivity contribution in [2.45, 2.75) is 64.5 Å². The molecule has 1 fully saturated rings. The van der Waals surface area contributed by atoms with Crippen LogP contribution >= 0.6 is 36.4 Å². The predicted molar refractivity (Wildman–Crippen MR) is 144 cm³/mol. The number of fused-ring (bicyclic) bond motifs is 1. The van der Waals surface area contributed by atoms with Crippen molar-refractivity contribution in [1.82, 2.24) is 20.2 Å². The average molecular weight is 529 g/mol. The number of anilines is 1. The molecule has 2 aliphatic rings. The Morgan fingerprint density at radius 3 is 2.50 bits per heavy atom. The molecule has 6 nitrogen and oxygen atoms in total. The molecule has 1 saturated heterocycles. The summed E-state index contributed by atoms with van der Waals surface area (Å²) >= 11 is 6.09. The second-order valence-corrected chi connectivity index (χ2v) is 9.93. The molecule has 0 bridgehead atoms. The lowest BCUT2D eigenvalue weighted by Gasteiger charge is -2.42. The van der Waals surface area contributed by atoms with Crippen molar-refractivity contribution in [3.8, 4) is 0 Å². The summed E-state index contributed by atoms with van der Waals surface area (Å²) < 4.78 is 0. The number of aromatic nitrogens is 2. The van der Waals surface area contributed by atoms with Crippen LogP contribution in [0.15, 0.2) is 30.6 Å². The van der Waals surface area contributed by atoms with Gasteiger partial charge in [0.2, 0.25) is 5.91 Å². The molecule has 1 aromatic heterocycles. The second-order valence-electron chi connectivity index (χ2n) is 9.49. The first-order valence-corrected chi connectivity index (χ1v) is 12.1. The normalized spacial score (nSPS) is 20.4. The van der Waals surface area contributed by atoms with Gasteiger partial charge < -0.3 is 15.1 Å². The third-order valence-electron chi connectivity index (χ3n) is 6.76. The second kappa shape index (κ2) is 12.4. The summed E-state index contributed by atoms with van der Waals surface area (Å²) in [6.45, 7) is 11.5. The van der Waals surface area contributed by atoms with Crippen molar-refractivity contribution in [1.29, 1.82) is 0 Å². The molecule has 9 heteroatoms. The molecule has 2 heterocycles. The lowest BCUT2D eigenvalue weighted by atomic mass is 9.96. The molecule has 0 radical (unpaired) electrons. The summed E-state index contributed by atoms with van der Waals surface area (Å²) in [5.74, 6) is 1.50. The van der Waals surface area contributed by atoms with Gasteiger partial charge in [-0.05, 0) is 43.4 Å². The van der Waals surface area contributed by atoms with E-state index in [4.69, 9.17) is 11.6 Å². The van der Waals surface area contributed by atoms with Gasteiger partial charge >= 0.3 is 0 Å². The van der Waals surface area contributed by atoms with Crippen LogP contribution in [0.1, 0.15) is 62.8 Å². The van der Waals surface area contributed by atoms with Crippen LogP contribution in [0.3, 0.4) is 0 Å². The molecule has 3 atom stereocenters. The molecule has 34 heavy (non-hydrogen) atoms. The van der Waals surface area contributed by atoms with Crippen LogP contribution in [0.5, 0.6) is 0 Å². The number of nitrogens with zero attached hydrogens (tertiary/aromatic N) is 4. The van der Waals surface area contributed by atoms with E-state index in [-0.39, 0.29) is 42.7 Å².